The molecule has 4 nitrogen and oxygen atoms in total. The number of ether oxygens (including phenoxy) is 1. The smallest absolute Gasteiger partial charge is 0.138 e. The van der Waals surface area contributed by atoms with Gasteiger partial charge in [0.25, 0.3) is 0 Å². The quantitative estimate of drug-likeness (QED) is 0.633. The first-order valence-electron chi connectivity index (χ1n) is 7.19. The molecule has 0 aliphatic heterocycles. The van der Waals surface area contributed by atoms with Crippen molar-refractivity contribution >= 4 is 0 Å². The molecule has 0 spiro atoms. The van der Waals surface area contributed by atoms with E-state index in [0.29, 0.717) is 11.8 Å². The van der Waals surface area contributed by atoms with Gasteiger partial charge in [-0.3, -0.25) is 16.3 Å². The Morgan fingerprint density at radius 3 is 2.74 bits per heavy atom. The molecule has 2 rings (SSSR count). The first kappa shape index (κ1) is 14.3. The second-order valence-electron chi connectivity index (χ2n) is 5.84. The van der Waals surface area contributed by atoms with E-state index in [9.17, 15) is 0 Å². The van der Waals surface area contributed by atoms with Crippen LogP contribution in [0.4, 0.5) is 0 Å². The maximum Gasteiger partial charge on any atom is 0.138 e. The summed E-state index contributed by atoms with van der Waals surface area (Å²) >= 11 is 0. The molecule has 19 heavy (non-hydrogen) atoms. The van der Waals surface area contributed by atoms with E-state index in [-0.39, 0.29) is 12.1 Å². The van der Waals surface area contributed by atoms with Gasteiger partial charge in [-0.25, -0.2) is 0 Å². The van der Waals surface area contributed by atoms with Crippen LogP contribution < -0.4 is 16.0 Å². The molecule has 0 radical (unpaired) electrons. The average Bonchev–Trinajstić information content (AvgIpc) is 2.77. The van der Waals surface area contributed by atoms with Gasteiger partial charge in [0.15, 0.2) is 0 Å². The van der Waals surface area contributed by atoms with Crippen LogP contribution in [-0.2, 0) is 0 Å². The Bertz CT molecular complexity index is 408. The molecule has 3 atom stereocenters. The molecule has 0 bridgehead atoms. The standard InChI is InChI=1S/C15H25N3O/c1-10(2)19-13-7-12(8-17-9-13)15(18-16)14-6-4-5-11(14)3/h7-11,14-15,18H,4-6,16H2,1-3H3. The maximum atomic E-state index is 5.78. The lowest BCUT2D eigenvalue weighted by Gasteiger charge is -2.26. The third-order valence-electron chi connectivity index (χ3n) is 4.00. The van der Waals surface area contributed by atoms with E-state index >= 15 is 0 Å². The van der Waals surface area contributed by atoms with Gasteiger partial charge in [0.05, 0.1) is 18.3 Å². The molecule has 1 fully saturated rings. The summed E-state index contributed by atoms with van der Waals surface area (Å²) in [7, 11) is 0. The highest BCUT2D eigenvalue weighted by Gasteiger charge is 2.31. The van der Waals surface area contributed by atoms with Gasteiger partial charge in [-0.15, -0.1) is 0 Å². The van der Waals surface area contributed by atoms with Crippen LogP contribution in [-0.4, -0.2) is 11.1 Å². The molecule has 1 saturated carbocycles. The minimum atomic E-state index is 0.159. The maximum absolute atomic E-state index is 5.78. The molecule has 1 aliphatic rings. The van der Waals surface area contributed by atoms with Crippen molar-refractivity contribution in [2.45, 2.75) is 52.2 Å². The van der Waals surface area contributed by atoms with Crippen LogP contribution in [0, 0.1) is 11.8 Å². The molecular weight excluding hydrogens is 238 g/mol. The number of aromatic nitrogens is 1. The van der Waals surface area contributed by atoms with Crippen molar-refractivity contribution in [3.63, 3.8) is 0 Å². The van der Waals surface area contributed by atoms with E-state index < -0.39 is 0 Å². The summed E-state index contributed by atoms with van der Waals surface area (Å²) in [5.74, 6) is 7.89. The zero-order valence-corrected chi connectivity index (χ0v) is 12.1. The monoisotopic (exact) mass is 263 g/mol. The normalized spacial score (nSPS) is 24.7. The molecule has 0 saturated heterocycles. The van der Waals surface area contributed by atoms with Gasteiger partial charge < -0.3 is 4.74 Å². The highest BCUT2D eigenvalue weighted by atomic mass is 16.5. The zero-order chi connectivity index (χ0) is 13.8. The highest BCUT2D eigenvalue weighted by Crippen LogP contribution is 2.40. The molecule has 0 aromatic carbocycles. The van der Waals surface area contributed by atoms with Gasteiger partial charge in [0, 0.05) is 6.20 Å². The van der Waals surface area contributed by atoms with Gasteiger partial charge in [-0.2, -0.15) is 0 Å². The zero-order valence-electron chi connectivity index (χ0n) is 12.1. The second-order valence-corrected chi connectivity index (χ2v) is 5.84. The van der Waals surface area contributed by atoms with Crippen molar-refractivity contribution in [2.75, 3.05) is 0 Å². The fourth-order valence-corrected chi connectivity index (χ4v) is 3.08. The van der Waals surface area contributed by atoms with Gasteiger partial charge in [0.1, 0.15) is 5.75 Å². The van der Waals surface area contributed by atoms with E-state index in [2.05, 4.69) is 23.4 Å². The van der Waals surface area contributed by atoms with E-state index in [1.807, 2.05) is 20.0 Å². The Labute approximate surface area is 115 Å². The summed E-state index contributed by atoms with van der Waals surface area (Å²) < 4.78 is 5.71. The van der Waals surface area contributed by atoms with E-state index in [4.69, 9.17) is 10.6 Å². The summed E-state index contributed by atoms with van der Waals surface area (Å²) in [5, 5.41) is 0. The second kappa shape index (κ2) is 6.35. The lowest BCUT2D eigenvalue weighted by atomic mass is 9.87. The summed E-state index contributed by atoms with van der Waals surface area (Å²) in [4.78, 5) is 4.28. The Balaban J connectivity index is 2.18. The molecule has 4 heteroatoms. The highest BCUT2D eigenvalue weighted by molar-refractivity contribution is 5.27. The van der Waals surface area contributed by atoms with Crippen LogP contribution in [0.25, 0.3) is 0 Å². The van der Waals surface area contributed by atoms with Crippen LogP contribution in [0.1, 0.15) is 51.6 Å². The van der Waals surface area contributed by atoms with Crippen molar-refractivity contribution in [3.05, 3.63) is 24.0 Å². The molecule has 0 amide bonds. The van der Waals surface area contributed by atoms with E-state index in [0.717, 1.165) is 11.3 Å². The lowest BCUT2D eigenvalue weighted by molar-refractivity contribution is 0.240. The van der Waals surface area contributed by atoms with Crippen molar-refractivity contribution in [2.24, 2.45) is 17.7 Å². The summed E-state index contributed by atoms with van der Waals surface area (Å²) in [6.45, 7) is 6.35. The number of nitrogens with two attached hydrogens (primary N) is 1. The molecule has 1 aromatic heterocycles. The van der Waals surface area contributed by atoms with Crippen LogP contribution >= 0.6 is 0 Å². The fraction of sp³-hybridized carbons (Fsp3) is 0.667. The number of hydrazine groups is 1. The molecular formula is C15H25N3O. The average molecular weight is 263 g/mol. The van der Waals surface area contributed by atoms with Crippen LogP contribution in [0.15, 0.2) is 18.5 Å². The Kier molecular flexibility index (Phi) is 4.77. The third-order valence-corrected chi connectivity index (χ3v) is 4.00. The molecule has 3 N–H and O–H groups in total. The predicted octanol–water partition coefficient (Wildman–Crippen LogP) is 2.81. The molecule has 1 heterocycles. The summed E-state index contributed by atoms with van der Waals surface area (Å²) in [6.07, 6.45) is 7.62. The number of hydrogen-bond acceptors (Lipinski definition) is 4. The minimum Gasteiger partial charge on any atom is -0.489 e. The minimum absolute atomic E-state index is 0.159. The summed E-state index contributed by atoms with van der Waals surface area (Å²) in [6, 6.07) is 2.23. The Morgan fingerprint density at radius 2 is 2.16 bits per heavy atom. The molecule has 3 unspecified atom stereocenters. The van der Waals surface area contributed by atoms with E-state index in [1.165, 1.54) is 19.3 Å². The third kappa shape index (κ3) is 3.45. The van der Waals surface area contributed by atoms with Crippen LogP contribution in [0.5, 0.6) is 5.75 Å². The van der Waals surface area contributed by atoms with Crippen molar-refractivity contribution in [3.8, 4) is 5.75 Å². The number of rotatable bonds is 5. The Hall–Kier alpha value is -1.13. The molecule has 1 aromatic rings. The van der Waals surface area contributed by atoms with Gasteiger partial charge in [-0.1, -0.05) is 19.8 Å². The first-order valence-corrected chi connectivity index (χ1v) is 7.19. The summed E-state index contributed by atoms with van der Waals surface area (Å²) in [5.41, 5.74) is 4.10. The fourth-order valence-electron chi connectivity index (χ4n) is 3.08. The van der Waals surface area contributed by atoms with Gasteiger partial charge in [0.2, 0.25) is 0 Å². The number of nitrogens with one attached hydrogen (secondary N) is 1. The predicted molar refractivity (Wildman–Crippen MR) is 76.6 cm³/mol. The van der Waals surface area contributed by atoms with Crippen molar-refractivity contribution in [1.29, 1.82) is 0 Å². The Morgan fingerprint density at radius 1 is 1.37 bits per heavy atom. The number of pyridine rings is 1. The molecule has 106 valence electrons. The molecule has 1 aliphatic carbocycles. The van der Waals surface area contributed by atoms with Crippen molar-refractivity contribution in [1.82, 2.24) is 10.4 Å². The van der Waals surface area contributed by atoms with E-state index in [1.54, 1.807) is 6.20 Å². The van der Waals surface area contributed by atoms with Gasteiger partial charge in [-0.05, 0) is 43.7 Å². The number of hydrogen-bond donors (Lipinski definition) is 2. The van der Waals surface area contributed by atoms with Gasteiger partial charge >= 0.3 is 0 Å². The topological polar surface area (TPSA) is 60.2 Å². The van der Waals surface area contributed by atoms with Crippen LogP contribution in [0.3, 0.4) is 0 Å². The SMILES string of the molecule is CC(C)Oc1cncc(C(NN)C2CCCC2C)c1. The first-order chi connectivity index (χ1) is 9.11. The van der Waals surface area contributed by atoms with Crippen molar-refractivity contribution < 1.29 is 4.74 Å². The number of nitrogens with zero attached hydrogens (tertiary/aromatic N) is 1. The lowest BCUT2D eigenvalue weighted by Crippen LogP contribution is -2.34. The largest absolute Gasteiger partial charge is 0.489 e. The van der Waals surface area contributed by atoms with Crippen LogP contribution in [0.2, 0.25) is 0 Å².